The van der Waals surface area contributed by atoms with E-state index in [9.17, 15) is 14.4 Å². The largest absolute Gasteiger partial charge is 0.469 e. The van der Waals surface area contributed by atoms with Crippen LogP contribution in [-0.4, -0.2) is 50.7 Å². The normalized spacial score (nSPS) is 25.5. The minimum atomic E-state index is -0.388. The Morgan fingerprint density at radius 1 is 1.09 bits per heavy atom. The highest BCUT2D eigenvalue weighted by Crippen LogP contribution is 2.17. The minimum Gasteiger partial charge on any atom is -0.469 e. The van der Waals surface area contributed by atoms with E-state index < -0.39 is 0 Å². The van der Waals surface area contributed by atoms with Crippen molar-refractivity contribution in [1.82, 2.24) is 10.6 Å². The molecule has 0 spiro atoms. The molecule has 2 aliphatic rings. The van der Waals surface area contributed by atoms with E-state index in [1.54, 1.807) is 0 Å². The second kappa shape index (κ2) is 8.12. The monoisotopic (exact) mass is 312 g/mol. The molecule has 0 atom stereocenters. The molecule has 1 aliphatic heterocycles. The summed E-state index contributed by atoms with van der Waals surface area (Å²) in [5.41, 5.74) is 0. The van der Waals surface area contributed by atoms with Crippen LogP contribution in [0.4, 0.5) is 4.79 Å². The van der Waals surface area contributed by atoms with Crippen LogP contribution in [0, 0.1) is 5.92 Å². The summed E-state index contributed by atoms with van der Waals surface area (Å²) in [4.78, 5) is 36.1. The first-order chi connectivity index (χ1) is 10.6. The van der Waals surface area contributed by atoms with Crippen LogP contribution in [0.25, 0.3) is 0 Å². The number of methoxy groups -OCH3 is 1. The van der Waals surface area contributed by atoms with Gasteiger partial charge in [-0.15, -0.1) is 0 Å². The molecular weight excluding hydrogens is 286 g/mol. The summed E-state index contributed by atoms with van der Waals surface area (Å²) >= 11 is 0. The van der Waals surface area contributed by atoms with Gasteiger partial charge in [-0.3, -0.25) is 14.9 Å². The van der Waals surface area contributed by atoms with Crippen molar-refractivity contribution in [2.45, 2.75) is 44.6 Å². The van der Waals surface area contributed by atoms with Gasteiger partial charge in [0.15, 0.2) is 6.54 Å². The van der Waals surface area contributed by atoms with Gasteiger partial charge in [-0.2, -0.15) is 0 Å². The zero-order valence-corrected chi connectivity index (χ0v) is 13.2. The Hall–Kier alpha value is -1.63. The number of hydrogen-bond donors (Lipinski definition) is 3. The topological polar surface area (TPSA) is 88.9 Å². The van der Waals surface area contributed by atoms with Crippen molar-refractivity contribution in [3.8, 4) is 0 Å². The van der Waals surface area contributed by atoms with Crippen LogP contribution in [0.2, 0.25) is 0 Å². The lowest BCUT2D eigenvalue weighted by Crippen LogP contribution is -3.14. The number of likely N-dealkylation sites (tertiary alicyclic amines) is 1. The molecular formula is C15H26N3O4+. The quantitative estimate of drug-likeness (QED) is 0.594. The number of hydrogen-bond acceptors (Lipinski definition) is 4. The molecule has 0 aromatic rings. The number of esters is 1. The highest BCUT2D eigenvalue weighted by Gasteiger charge is 2.29. The molecule has 1 saturated heterocycles. The third-order valence-electron chi connectivity index (χ3n) is 4.58. The van der Waals surface area contributed by atoms with E-state index in [1.165, 1.54) is 7.11 Å². The number of urea groups is 1. The van der Waals surface area contributed by atoms with Crippen molar-refractivity contribution in [3.63, 3.8) is 0 Å². The molecule has 3 N–H and O–H groups in total. The van der Waals surface area contributed by atoms with E-state index >= 15 is 0 Å². The van der Waals surface area contributed by atoms with Crippen LogP contribution < -0.4 is 15.5 Å². The van der Waals surface area contributed by atoms with Crippen LogP contribution in [0.3, 0.4) is 0 Å². The van der Waals surface area contributed by atoms with Crippen molar-refractivity contribution >= 4 is 17.9 Å². The number of imide groups is 1. The predicted molar refractivity (Wildman–Crippen MR) is 79.2 cm³/mol. The summed E-state index contributed by atoms with van der Waals surface area (Å²) in [6.07, 6.45) is 5.71. The lowest BCUT2D eigenvalue weighted by Gasteiger charge is -2.27. The van der Waals surface area contributed by atoms with E-state index in [0.29, 0.717) is 0 Å². The van der Waals surface area contributed by atoms with Gasteiger partial charge >= 0.3 is 12.0 Å². The third-order valence-corrected chi connectivity index (χ3v) is 4.58. The highest BCUT2D eigenvalue weighted by atomic mass is 16.5. The van der Waals surface area contributed by atoms with Crippen molar-refractivity contribution in [3.05, 3.63) is 0 Å². The maximum atomic E-state index is 11.9. The molecule has 0 unspecified atom stereocenters. The van der Waals surface area contributed by atoms with Gasteiger partial charge in [-0.05, 0) is 12.8 Å². The summed E-state index contributed by atoms with van der Waals surface area (Å²) in [6.45, 7) is 1.76. The van der Waals surface area contributed by atoms with Gasteiger partial charge in [0, 0.05) is 18.9 Å². The lowest BCUT2D eigenvalue weighted by atomic mass is 9.97. The Balaban J connectivity index is 1.65. The number of rotatable bonds is 4. The maximum absolute atomic E-state index is 11.9. The van der Waals surface area contributed by atoms with Gasteiger partial charge in [0.05, 0.1) is 26.1 Å². The van der Waals surface area contributed by atoms with E-state index in [0.717, 1.165) is 56.5 Å². The summed E-state index contributed by atoms with van der Waals surface area (Å²) in [5, 5.41) is 5.23. The van der Waals surface area contributed by atoms with E-state index in [2.05, 4.69) is 10.6 Å². The molecule has 1 saturated carbocycles. The van der Waals surface area contributed by atoms with Gasteiger partial charge in [-0.1, -0.05) is 12.8 Å². The summed E-state index contributed by atoms with van der Waals surface area (Å²) in [7, 11) is 1.40. The van der Waals surface area contributed by atoms with E-state index in [1.807, 2.05) is 0 Å². The molecule has 22 heavy (non-hydrogen) atoms. The maximum Gasteiger partial charge on any atom is 0.321 e. The van der Waals surface area contributed by atoms with Crippen LogP contribution >= 0.6 is 0 Å². The first kappa shape index (κ1) is 16.7. The van der Waals surface area contributed by atoms with Gasteiger partial charge in [-0.25, -0.2) is 4.79 Å². The molecule has 2 fully saturated rings. The van der Waals surface area contributed by atoms with Crippen LogP contribution in [0.1, 0.15) is 38.5 Å². The number of ether oxygens (including phenoxy) is 1. The number of carbonyl (C=O) groups is 3. The van der Waals surface area contributed by atoms with Gasteiger partial charge < -0.3 is 15.0 Å². The third kappa shape index (κ3) is 4.98. The van der Waals surface area contributed by atoms with Crippen LogP contribution in [0.15, 0.2) is 0 Å². The van der Waals surface area contributed by atoms with Gasteiger partial charge in [0.2, 0.25) is 0 Å². The number of quaternary nitrogens is 1. The molecule has 7 heteroatoms. The van der Waals surface area contributed by atoms with E-state index in [-0.39, 0.29) is 36.4 Å². The fourth-order valence-electron chi connectivity index (χ4n) is 3.29. The smallest absolute Gasteiger partial charge is 0.321 e. The number of piperidine rings is 1. The molecule has 1 aliphatic carbocycles. The van der Waals surface area contributed by atoms with Crippen LogP contribution in [-0.2, 0) is 14.3 Å². The Labute approximate surface area is 130 Å². The number of amides is 3. The fourth-order valence-corrected chi connectivity index (χ4v) is 3.29. The fraction of sp³-hybridized carbons (Fsp3) is 0.800. The Bertz CT molecular complexity index is 413. The van der Waals surface area contributed by atoms with Crippen molar-refractivity contribution in [2.75, 3.05) is 26.7 Å². The van der Waals surface area contributed by atoms with Crippen molar-refractivity contribution < 1.29 is 24.0 Å². The molecule has 124 valence electrons. The Morgan fingerprint density at radius 2 is 1.73 bits per heavy atom. The molecule has 7 nitrogen and oxygen atoms in total. The molecule has 0 aromatic heterocycles. The number of nitrogens with one attached hydrogen (secondary N) is 3. The Kier molecular flexibility index (Phi) is 6.18. The molecule has 0 radical (unpaired) electrons. The second-order valence-corrected chi connectivity index (χ2v) is 6.23. The van der Waals surface area contributed by atoms with E-state index in [4.69, 9.17) is 4.74 Å². The molecule has 0 aromatic carbocycles. The highest BCUT2D eigenvalue weighted by molar-refractivity contribution is 5.94. The summed E-state index contributed by atoms with van der Waals surface area (Å²) < 4.78 is 4.74. The zero-order valence-electron chi connectivity index (χ0n) is 13.2. The predicted octanol–water partition coefficient (Wildman–Crippen LogP) is -0.777. The van der Waals surface area contributed by atoms with Gasteiger partial charge in [0.1, 0.15) is 0 Å². The summed E-state index contributed by atoms with van der Waals surface area (Å²) in [5.74, 6) is -0.482. The zero-order chi connectivity index (χ0) is 15.9. The van der Waals surface area contributed by atoms with Gasteiger partial charge in [0.25, 0.3) is 5.91 Å². The number of carbonyl (C=O) groups excluding carboxylic acids is 3. The SMILES string of the molecule is COC(=O)C1CC[NH+](CC(=O)NC(=O)NC2CCCC2)CC1. The first-order valence-electron chi connectivity index (χ1n) is 8.10. The average molecular weight is 312 g/mol. The Morgan fingerprint density at radius 3 is 2.32 bits per heavy atom. The molecule has 1 heterocycles. The average Bonchev–Trinajstić information content (AvgIpc) is 2.99. The summed E-state index contributed by atoms with van der Waals surface area (Å²) in [6, 6.07) is -0.184. The first-order valence-corrected chi connectivity index (χ1v) is 8.10. The standard InChI is InChI=1S/C15H25N3O4/c1-22-14(20)11-6-8-18(9-7-11)10-13(19)17-15(21)16-12-4-2-3-5-12/h11-12H,2-10H2,1H3,(H2,16,17,19,21)/p+1. The minimum absolute atomic E-state index is 0.0533. The molecule has 0 bridgehead atoms. The van der Waals surface area contributed by atoms with Crippen molar-refractivity contribution in [1.29, 1.82) is 0 Å². The molecule has 2 rings (SSSR count). The van der Waals surface area contributed by atoms with Crippen molar-refractivity contribution in [2.24, 2.45) is 5.92 Å². The molecule has 3 amide bonds. The lowest BCUT2D eigenvalue weighted by molar-refractivity contribution is -0.897. The second-order valence-electron chi connectivity index (χ2n) is 6.23. The van der Waals surface area contributed by atoms with Crippen LogP contribution in [0.5, 0.6) is 0 Å².